The van der Waals surface area contributed by atoms with Gasteiger partial charge in [-0.1, -0.05) is 31.2 Å². The Balaban J connectivity index is 1.25. The van der Waals surface area contributed by atoms with Crippen LogP contribution in [-0.4, -0.2) is 53.1 Å². The largest absolute Gasteiger partial charge is 0.399 e. The second-order valence-corrected chi connectivity index (χ2v) is 8.99. The van der Waals surface area contributed by atoms with Gasteiger partial charge in [0.1, 0.15) is 0 Å². The van der Waals surface area contributed by atoms with Gasteiger partial charge in [-0.25, -0.2) is 9.97 Å². The molecule has 0 bridgehead atoms. The van der Waals surface area contributed by atoms with Gasteiger partial charge in [-0.05, 0) is 42.2 Å². The summed E-state index contributed by atoms with van der Waals surface area (Å²) in [6.45, 7) is 4.46. The van der Waals surface area contributed by atoms with Crippen molar-refractivity contribution < 1.29 is 9.53 Å². The predicted molar refractivity (Wildman–Crippen MR) is 127 cm³/mol. The molecule has 1 aromatic heterocycles. The van der Waals surface area contributed by atoms with Crippen LogP contribution in [0.25, 0.3) is 0 Å². The van der Waals surface area contributed by atoms with Crippen LogP contribution in [0.1, 0.15) is 34.8 Å². The highest BCUT2D eigenvalue weighted by Crippen LogP contribution is 2.26. The number of likely N-dealkylation sites (tertiary alicyclic amines) is 1. The first kappa shape index (κ1) is 23.0. The molecule has 0 saturated carbocycles. The van der Waals surface area contributed by atoms with Crippen LogP contribution in [0.3, 0.4) is 0 Å². The van der Waals surface area contributed by atoms with E-state index >= 15 is 0 Å². The van der Waals surface area contributed by atoms with E-state index in [0.29, 0.717) is 55.3 Å². The van der Waals surface area contributed by atoms with Gasteiger partial charge in [-0.15, -0.1) is 0 Å². The molecule has 0 spiro atoms. The topological polar surface area (TPSA) is 131 Å². The summed E-state index contributed by atoms with van der Waals surface area (Å²) < 4.78 is 5.71. The van der Waals surface area contributed by atoms with Gasteiger partial charge in [-0.3, -0.25) is 10.6 Å². The molecule has 2 aliphatic rings. The molecule has 1 fully saturated rings. The first-order valence-corrected chi connectivity index (χ1v) is 11.5. The molecule has 4 rings (SSSR count). The quantitative estimate of drug-likeness (QED) is 0.350. The lowest BCUT2D eigenvalue weighted by Gasteiger charge is -2.36. The third-order valence-corrected chi connectivity index (χ3v) is 6.52. The lowest BCUT2D eigenvalue weighted by molar-refractivity contribution is 0.0378. The van der Waals surface area contributed by atoms with Crippen LogP contribution in [0.5, 0.6) is 0 Å². The molecule has 9 heteroatoms. The van der Waals surface area contributed by atoms with Crippen LogP contribution in [0.15, 0.2) is 48.6 Å². The zero-order chi connectivity index (χ0) is 23.2. The molecule has 2 atom stereocenters. The number of anilines is 1. The van der Waals surface area contributed by atoms with Crippen molar-refractivity contribution in [3.8, 4) is 0 Å². The second kappa shape index (κ2) is 10.6. The average molecular weight is 452 g/mol. The summed E-state index contributed by atoms with van der Waals surface area (Å²) in [7, 11) is 0. The Morgan fingerprint density at radius 3 is 2.58 bits per heavy atom. The molecule has 2 unspecified atom stereocenters. The number of aromatic nitrogens is 2. The predicted octanol–water partition coefficient (Wildman–Crippen LogP) is 1.43. The molecular weight excluding hydrogens is 418 g/mol. The van der Waals surface area contributed by atoms with E-state index in [0.717, 1.165) is 19.3 Å². The Morgan fingerprint density at radius 2 is 1.94 bits per heavy atom. The van der Waals surface area contributed by atoms with Gasteiger partial charge in [0.05, 0.1) is 24.5 Å². The number of fused-ring (bicyclic) bond motifs is 1. The average Bonchev–Trinajstić information content (AvgIpc) is 3.22. The summed E-state index contributed by atoms with van der Waals surface area (Å²) in [6.07, 6.45) is 7.57. The monoisotopic (exact) mass is 451 g/mol. The number of nitrogens with one attached hydrogen (secondary N) is 2. The van der Waals surface area contributed by atoms with Crippen LogP contribution in [0, 0.1) is 11.8 Å². The van der Waals surface area contributed by atoms with Crippen molar-refractivity contribution in [2.24, 2.45) is 23.4 Å². The van der Waals surface area contributed by atoms with Crippen molar-refractivity contribution in [3.63, 3.8) is 0 Å². The van der Waals surface area contributed by atoms with E-state index in [4.69, 9.17) is 16.3 Å². The number of piperidine rings is 1. The number of hydrazine groups is 1. The normalized spacial score (nSPS) is 21.0. The lowest BCUT2D eigenvalue weighted by atomic mass is 9.87. The van der Waals surface area contributed by atoms with E-state index in [1.807, 2.05) is 4.90 Å². The SMILES string of the molecule is CC1CN(C(=O)c2cnc(NC3Cc4ccccc4C3)nc2)CCC1COC/C(N)=C/NN. The number of carbonyl (C=O) groups excluding carboxylic acids is 1. The van der Waals surface area contributed by atoms with Crippen molar-refractivity contribution in [2.75, 3.05) is 31.6 Å². The number of amides is 1. The number of hydrogen-bond acceptors (Lipinski definition) is 8. The molecule has 1 aliphatic heterocycles. The lowest BCUT2D eigenvalue weighted by Crippen LogP contribution is -2.44. The zero-order valence-corrected chi connectivity index (χ0v) is 19.0. The molecule has 1 saturated heterocycles. The first-order chi connectivity index (χ1) is 16.0. The highest BCUT2D eigenvalue weighted by Gasteiger charge is 2.29. The van der Waals surface area contributed by atoms with Crippen molar-refractivity contribution in [1.82, 2.24) is 20.3 Å². The summed E-state index contributed by atoms with van der Waals surface area (Å²) in [5, 5.41) is 3.40. The van der Waals surface area contributed by atoms with Crippen LogP contribution < -0.4 is 22.3 Å². The molecule has 2 aromatic rings. The minimum absolute atomic E-state index is 0.0257. The van der Waals surface area contributed by atoms with Gasteiger partial charge < -0.3 is 26.1 Å². The first-order valence-electron chi connectivity index (χ1n) is 11.5. The van der Waals surface area contributed by atoms with Gasteiger partial charge in [0, 0.05) is 37.7 Å². The fourth-order valence-corrected chi connectivity index (χ4v) is 4.64. The minimum atomic E-state index is -0.0257. The zero-order valence-electron chi connectivity index (χ0n) is 19.0. The Bertz CT molecular complexity index is 954. The molecule has 33 heavy (non-hydrogen) atoms. The maximum Gasteiger partial charge on any atom is 0.257 e. The van der Waals surface area contributed by atoms with Crippen molar-refractivity contribution >= 4 is 11.9 Å². The number of carbonyl (C=O) groups is 1. The summed E-state index contributed by atoms with van der Waals surface area (Å²) >= 11 is 0. The van der Waals surface area contributed by atoms with E-state index in [1.165, 1.54) is 17.3 Å². The number of ether oxygens (including phenoxy) is 1. The van der Waals surface area contributed by atoms with Gasteiger partial charge in [-0.2, -0.15) is 0 Å². The highest BCUT2D eigenvalue weighted by molar-refractivity contribution is 5.93. The fourth-order valence-electron chi connectivity index (χ4n) is 4.64. The summed E-state index contributed by atoms with van der Waals surface area (Å²) in [5.41, 5.74) is 12.0. The molecule has 6 N–H and O–H groups in total. The molecule has 1 amide bonds. The van der Waals surface area contributed by atoms with Crippen molar-refractivity contribution in [1.29, 1.82) is 0 Å². The highest BCUT2D eigenvalue weighted by atomic mass is 16.5. The Hall–Kier alpha value is -3.17. The maximum absolute atomic E-state index is 13.0. The number of benzene rings is 1. The Labute approximate surface area is 194 Å². The number of hydrogen-bond donors (Lipinski definition) is 4. The minimum Gasteiger partial charge on any atom is -0.399 e. The van der Waals surface area contributed by atoms with Crippen LogP contribution in [-0.2, 0) is 17.6 Å². The van der Waals surface area contributed by atoms with Crippen molar-refractivity contribution in [2.45, 2.75) is 32.2 Å². The van der Waals surface area contributed by atoms with E-state index < -0.39 is 0 Å². The summed E-state index contributed by atoms with van der Waals surface area (Å²) in [5.74, 6) is 6.45. The second-order valence-electron chi connectivity index (χ2n) is 8.99. The fraction of sp³-hybridized carbons (Fsp3) is 0.458. The number of nitrogens with two attached hydrogens (primary N) is 2. The smallest absolute Gasteiger partial charge is 0.257 e. The third kappa shape index (κ3) is 5.80. The third-order valence-electron chi connectivity index (χ3n) is 6.52. The summed E-state index contributed by atoms with van der Waals surface area (Å²) in [6, 6.07) is 8.76. The van der Waals surface area contributed by atoms with E-state index in [9.17, 15) is 4.79 Å². The summed E-state index contributed by atoms with van der Waals surface area (Å²) in [4.78, 5) is 23.7. The molecule has 9 nitrogen and oxygen atoms in total. The number of nitrogens with zero attached hydrogens (tertiary/aromatic N) is 3. The maximum atomic E-state index is 13.0. The van der Waals surface area contributed by atoms with E-state index in [1.54, 1.807) is 12.4 Å². The van der Waals surface area contributed by atoms with Crippen molar-refractivity contribution in [3.05, 3.63) is 65.2 Å². The Kier molecular flexibility index (Phi) is 7.41. The molecule has 1 aliphatic carbocycles. The molecule has 0 radical (unpaired) electrons. The van der Waals surface area contributed by atoms with Gasteiger partial charge in [0.25, 0.3) is 5.91 Å². The van der Waals surface area contributed by atoms with Crippen LogP contribution in [0.2, 0.25) is 0 Å². The van der Waals surface area contributed by atoms with Gasteiger partial charge in [0.15, 0.2) is 0 Å². The van der Waals surface area contributed by atoms with E-state index in [-0.39, 0.29) is 11.9 Å². The van der Waals surface area contributed by atoms with Crippen LogP contribution in [0.4, 0.5) is 5.95 Å². The Morgan fingerprint density at radius 1 is 1.24 bits per heavy atom. The molecule has 176 valence electrons. The molecule has 2 heterocycles. The van der Waals surface area contributed by atoms with Crippen LogP contribution >= 0.6 is 0 Å². The standard InChI is InChI=1S/C24H33N7O2/c1-16-13-31(7-6-19(16)14-33-15-21(25)12-29-26)23(32)20-10-27-24(28-11-20)30-22-8-17-4-2-3-5-18(17)9-22/h2-5,10-12,16,19,22,29H,6-9,13-15,25-26H2,1H3,(H,27,28,30)/b21-12-. The molecular formula is C24H33N7O2. The number of rotatable bonds is 8. The van der Waals surface area contributed by atoms with Gasteiger partial charge >= 0.3 is 0 Å². The molecule has 1 aromatic carbocycles. The van der Waals surface area contributed by atoms with E-state index in [2.05, 4.69) is 51.9 Å². The van der Waals surface area contributed by atoms with Gasteiger partial charge in [0.2, 0.25) is 5.95 Å².